The molecule has 0 spiro atoms. The number of rotatable bonds is 5. The number of aromatic nitrogens is 1. The number of hydrogen-bond donors (Lipinski definition) is 0. The van der Waals surface area contributed by atoms with Gasteiger partial charge in [-0.2, -0.15) is 0 Å². The second-order valence-electron chi connectivity index (χ2n) is 11.3. The van der Waals surface area contributed by atoms with Crippen LogP contribution in [0.25, 0.3) is 5.57 Å². The molecule has 0 fully saturated rings. The monoisotopic (exact) mass is 405 g/mol. The fourth-order valence-corrected chi connectivity index (χ4v) is 6.03. The van der Waals surface area contributed by atoms with Gasteiger partial charge in [0.15, 0.2) is 0 Å². The SMILES string of the molecule is CC=CC(C)(C(C)CC)C1CC2=C(C=C1c1ccccn1)C(C)(C)CCCC2(C)C. The lowest BCUT2D eigenvalue weighted by atomic mass is 9.57. The first-order valence-corrected chi connectivity index (χ1v) is 12.1. The van der Waals surface area contributed by atoms with Gasteiger partial charge in [0.05, 0.1) is 5.69 Å². The smallest absolute Gasteiger partial charge is 0.0664 e. The highest BCUT2D eigenvalue weighted by Crippen LogP contribution is 2.57. The maximum Gasteiger partial charge on any atom is 0.0664 e. The van der Waals surface area contributed by atoms with E-state index in [2.05, 4.69) is 85.8 Å². The topological polar surface area (TPSA) is 12.9 Å². The van der Waals surface area contributed by atoms with E-state index in [0.717, 1.165) is 12.1 Å². The predicted molar refractivity (Wildman–Crippen MR) is 131 cm³/mol. The molecule has 1 aromatic heterocycles. The van der Waals surface area contributed by atoms with Gasteiger partial charge in [-0.05, 0) is 77.5 Å². The van der Waals surface area contributed by atoms with E-state index in [4.69, 9.17) is 4.98 Å². The molecule has 3 unspecified atom stereocenters. The Balaban J connectivity index is 2.27. The maximum absolute atomic E-state index is 4.84. The number of nitrogens with zero attached hydrogens (tertiary/aromatic N) is 1. The summed E-state index contributed by atoms with van der Waals surface area (Å²) < 4.78 is 0. The summed E-state index contributed by atoms with van der Waals surface area (Å²) in [4.78, 5) is 4.84. The predicted octanol–water partition coefficient (Wildman–Crippen LogP) is 8.65. The molecule has 30 heavy (non-hydrogen) atoms. The van der Waals surface area contributed by atoms with E-state index in [9.17, 15) is 0 Å². The van der Waals surface area contributed by atoms with E-state index >= 15 is 0 Å². The molecule has 0 saturated heterocycles. The van der Waals surface area contributed by atoms with Crippen LogP contribution >= 0.6 is 0 Å². The van der Waals surface area contributed by atoms with Gasteiger partial charge in [-0.1, -0.05) is 91.2 Å². The molecule has 1 heterocycles. The van der Waals surface area contributed by atoms with Gasteiger partial charge in [0.2, 0.25) is 0 Å². The molecule has 0 amide bonds. The molecule has 0 radical (unpaired) electrons. The van der Waals surface area contributed by atoms with Crippen LogP contribution in [0.2, 0.25) is 0 Å². The fourth-order valence-electron chi connectivity index (χ4n) is 6.03. The Morgan fingerprint density at radius 3 is 2.47 bits per heavy atom. The summed E-state index contributed by atoms with van der Waals surface area (Å²) in [6, 6.07) is 6.39. The van der Waals surface area contributed by atoms with E-state index < -0.39 is 0 Å². The van der Waals surface area contributed by atoms with Crippen molar-refractivity contribution in [2.45, 2.75) is 87.5 Å². The Hall–Kier alpha value is -1.63. The van der Waals surface area contributed by atoms with Gasteiger partial charge in [-0.15, -0.1) is 0 Å². The van der Waals surface area contributed by atoms with Crippen LogP contribution in [-0.4, -0.2) is 4.98 Å². The zero-order chi connectivity index (χ0) is 22.2. The molecule has 1 heteroatoms. The highest BCUT2D eigenvalue weighted by Gasteiger charge is 2.46. The van der Waals surface area contributed by atoms with E-state index in [1.54, 1.807) is 11.1 Å². The molecule has 2 aliphatic carbocycles. The standard InChI is InChI=1S/C29H43N/c1-9-15-29(8,21(3)10-2)23-20-25-24(19-22(23)26-14-11-12-18-30-26)27(4,5)16-13-17-28(25,6)7/h9,11-12,14-15,18-19,21,23H,10,13,16-17,20H2,1-8H3. The summed E-state index contributed by atoms with van der Waals surface area (Å²) in [7, 11) is 0. The van der Waals surface area contributed by atoms with Crippen molar-refractivity contribution in [2.75, 3.05) is 0 Å². The van der Waals surface area contributed by atoms with Crippen LogP contribution in [0.15, 0.2) is 53.8 Å². The first-order valence-electron chi connectivity index (χ1n) is 12.1. The van der Waals surface area contributed by atoms with Crippen molar-refractivity contribution in [3.8, 4) is 0 Å². The van der Waals surface area contributed by atoms with Crippen molar-refractivity contribution in [1.82, 2.24) is 4.98 Å². The average molecular weight is 406 g/mol. The minimum atomic E-state index is 0.109. The van der Waals surface area contributed by atoms with Gasteiger partial charge >= 0.3 is 0 Å². The quantitative estimate of drug-likeness (QED) is 0.447. The molecule has 164 valence electrons. The summed E-state index contributed by atoms with van der Waals surface area (Å²) in [5.41, 5.74) is 6.49. The minimum Gasteiger partial charge on any atom is -0.257 e. The largest absolute Gasteiger partial charge is 0.257 e. The second kappa shape index (κ2) is 8.48. The fraction of sp³-hybridized carbons (Fsp3) is 0.621. The zero-order valence-electron chi connectivity index (χ0n) is 20.7. The molecule has 0 saturated carbocycles. The summed E-state index contributed by atoms with van der Waals surface area (Å²) in [6.07, 6.45) is 15.5. The maximum atomic E-state index is 4.84. The van der Waals surface area contributed by atoms with Crippen molar-refractivity contribution in [1.29, 1.82) is 0 Å². The van der Waals surface area contributed by atoms with Gasteiger partial charge in [0.25, 0.3) is 0 Å². The van der Waals surface area contributed by atoms with Crippen LogP contribution < -0.4 is 0 Å². The van der Waals surface area contributed by atoms with E-state index in [-0.39, 0.29) is 16.2 Å². The van der Waals surface area contributed by atoms with E-state index in [1.807, 2.05) is 12.3 Å². The van der Waals surface area contributed by atoms with Gasteiger partial charge in [-0.3, -0.25) is 4.98 Å². The van der Waals surface area contributed by atoms with Crippen LogP contribution in [0, 0.1) is 28.1 Å². The van der Waals surface area contributed by atoms with E-state index in [0.29, 0.717) is 11.8 Å². The Morgan fingerprint density at radius 1 is 1.17 bits per heavy atom. The lowest BCUT2D eigenvalue weighted by molar-refractivity contribution is 0.190. The summed E-state index contributed by atoms with van der Waals surface area (Å²) in [5, 5.41) is 0. The van der Waals surface area contributed by atoms with Crippen LogP contribution in [0.1, 0.15) is 93.2 Å². The van der Waals surface area contributed by atoms with Crippen LogP contribution in [0.3, 0.4) is 0 Å². The third-order valence-electron chi connectivity index (χ3n) is 8.47. The molecular formula is C29H43N. The van der Waals surface area contributed by atoms with Crippen molar-refractivity contribution >= 4 is 5.57 Å². The summed E-state index contributed by atoms with van der Waals surface area (Å²) in [5.74, 6) is 1.06. The highest BCUT2D eigenvalue weighted by molar-refractivity contribution is 5.72. The first-order chi connectivity index (χ1) is 14.1. The van der Waals surface area contributed by atoms with Crippen molar-refractivity contribution in [2.24, 2.45) is 28.1 Å². The second-order valence-corrected chi connectivity index (χ2v) is 11.3. The molecule has 0 bridgehead atoms. The van der Waals surface area contributed by atoms with Gasteiger partial charge in [0.1, 0.15) is 0 Å². The van der Waals surface area contributed by atoms with E-state index in [1.165, 1.54) is 31.3 Å². The lowest BCUT2D eigenvalue weighted by Crippen LogP contribution is -2.37. The lowest BCUT2D eigenvalue weighted by Gasteiger charge is -2.47. The Morgan fingerprint density at radius 2 is 1.87 bits per heavy atom. The minimum absolute atomic E-state index is 0.109. The Bertz CT molecular complexity index is 836. The summed E-state index contributed by atoms with van der Waals surface area (Å²) >= 11 is 0. The van der Waals surface area contributed by atoms with Gasteiger partial charge in [0, 0.05) is 6.20 Å². The number of allylic oxidation sites excluding steroid dienone is 6. The molecule has 3 rings (SSSR count). The van der Waals surface area contributed by atoms with Crippen LogP contribution in [0.5, 0.6) is 0 Å². The Kier molecular flexibility index (Phi) is 6.51. The molecule has 0 aromatic carbocycles. The third kappa shape index (κ3) is 4.10. The summed E-state index contributed by atoms with van der Waals surface area (Å²) in [6.45, 7) is 19.3. The number of pyridine rings is 1. The van der Waals surface area contributed by atoms with Crippen molar-refractivity contribution in [3.63, 3.8) is 0 Å². The molecule has 1 nitrogen and oxygen atoms in total. The first kappa shape index (κ1) is 23.0. The van der Waals surface area contributed by atoms with Crippen LogP contribution in [-0.2, 0) is 0 Å². The molecule has 0 aliphatic heterocycles. The third-order valence-corrected chi connectivity index (χ3v) is 8.47. The van der Waals surface area contributed by atoms with Gasteiger partial charge < -0.3 is 0 Å². The zero-order valence-corrected chi connectivity index (χ0v) is 20.7. The molecule has 3 atom stereocenters. The highest BCUT2D eigenvalue weighted by atomic mass is 14.7. The number of hydrogen-bond acceptors (Lipinski definition) is 1. The van der Waals surface area contributed by atoms with Crippen molar-refractivity contribution < 1.29 is 0 Å². The molecule has 2 aliphatic rings. The molecular weight excluding hydrogens is 362 g/mol. The van der Waals surface area contributed by atoms with Crippen LogP contribution in [0.4, 0.5) is 0 Å². The average Bonchev–Trinajstić information content (AvgIpc) is 2.80. The molecule has 1 aromatic rings. The van der Waals surface area contributed by atoms with Gasteiger partial charge in [-0.25, -0.2) is 0 Å². The Labute approximate surface area is 185 Å². The normalized spacial score (nSPS) is 26.5. The van der Waals surface area contributed by atoms with Crippen molar-refractivity contribution in [3.05, 3.63) is 59.5 Å². The molecule has 0 N–H and O–H groups in total.